The van der Waals surface area contributed by atoms with E-state index in [2.05, 4.69) is 34.5 Å². The predicted molar refractivity (Wildman–Crippen MR) is 151 cm³/mol. The molecule has 0 spiro atoms. The van der Waals surface area contributed by atoms with Crippen molar-refractivity contribution in [2.24, 2.45) is 5.41 Å². The molecular formula is C31H40N4O4. The van der Waals surface area contributed by atoms with Gasteiger partial charge in [-0.05, 0) is 63.3 Å². The number of hydrogen-bond donors (Lipinski definition) is 1. The van der Waals surface area contributed by atoms with Crippen molar-refractivity contribution in [1.29, 1.82) is 0 Å². The molecule has 3 atom stereocenters. The third kappa shape index (κ3) is 4.82. The van der Waals surface area contributed by atoms with Crippen LogP contribution in [0.25, 0.3) is 10.9 Å². The fourth-order valence-corrected chi connectivity index (χ4v) is 7.07. The first-order chi connectivity index (χ1) is 18.9. The van der Waals surface area contributed by atoms with Crippen molar-refractivity contribution in [2.45, 2.75) is 77.5 Å². The van der Waals surface area contributed by atoms with Crippen molar-refractivity contribution < 1.29 is 19.1 Å². The zero-order valence-electron chi connectivity index (χ0n) is 23.2. The number of ketones is 2. The minimum atomic E-state index is -0.392. The number of anilines is 1. The number of benzene rings is 1. The molecule has 1 aromatic heterocycles. The quantitative estimate of drug-likeness (QED) is 0.476. The van der Waals surface area contributed by atoms with Gasteiger partial charge in [0.05, 0.1) is 24.8 Å². The second kappa shape index (κ2) is 10.5. The van der Waals surface area contributed by atoms with E-state index >= 15 is 0 Å². The Morgan fingerprint density at radius 1 is 1.15 bits per heavy atom. The van der Waals surface area contributed by atoms with Crippen molar-refractivity contribution in [1.82, 2.24) is 14.8 Å². The standard InChI is InChI=1S/C31H40N4O4/c1-3-27(37)26-15-31-16-28(31)35(26)29(38)19-34-18-25(21(2)36)24-14-23(33-10-6-7-11-33)13-22(30(24)34)17-32-9-5-4-8-12-39-20-31/h4,8,13-14,18,26,28,32H,3,5-7,9-12,15-17,19-20H2,1-2H3/b8-4-/t26-,28+,31-/m0/s1. The molecule has 3 fully saturated rings. The molecule has 0 radical (unpaired) electrons. The number of amides is 1. The van der Waals surface area contributed by atoms with Crippen LogP contribution in [0.2, 0.25) is 0 Å². The molecule has 4 aliphatic rings. The zero-order valence-corrected chi connectivity index (χ0v) is 23.2. The summed E-state index contributed by atoms with van der Waals surface area (Å²) < 4.78 is 7.98. The third-order valence-corrected chi connectivity index (χ3v) is 9.19. The Bertz CT molecular complexity index is 1320. The predicted octanol–water partition coefficient (Wildman–Crippen LogP) is 3.85. The molecule has 6 rings (SSSR count). The summed E-state index contributed by atoms with van der Waals surface area (Å²) in [6, 6.07) is 4.02. The van der Waals surface area contributed by atoms with Crippen LogP contribution in [0.5, 0.6) is 0 Å². The first-order valence-corrected chi connectivity index (χ1v) is 14.6. The van der Waals surface area contributed by atoms with Crippen LogP contribution in [0.1, 0.15) is 68.3 Å². The smallest absolute Gasteiger partial charge is 0.243 e. The highest BCUT2D eigenvalue weighted by molar-refractivity contribution is 6.09. The van der Waals surface area contributed by atoms with E-state index in [4.69, 9.17) is 4.74 Å². The highest BCUT2D eigenvalue weighted by Crippen LogP contribution is 2.60. The number of piperidine rings is 1. The first-order valence-electron chi connectivity index (χ1n) is 14.6. The summed E-state index contributed by atoms with van der Waals surface area (Å²) in [6.45, 7) is 8.21. The molecule has 4 heterocycles. The summed E-state index contributed by atoms with van der Waals surface area (Å²) in [5.74, 6) is 0.0607. The van der Waals surface area contributed by atoms with Crippen molar-refractivity contribution in [3.8, 4) is 0 Å². The SMILES string of the molecule is CCC(=O)[C@@H]1C[C@]23COC/C=C\CCNCc4cc(N5CCCC5)cc5c(C(C)=O)cn(c45)CC(=O)N1[C@@H]2C3. The summed E-state index contributed by atoms with van der Waals surface area (Å²) in [5.41, 5.74) is 3.70. The number of nitrogens with one attached hydrogen (secondary N) is 1. The summed E-state index contributed by atoms with van der Waals surface area (Å²) in [5, 5.41) is 4.48. The topological polar surface area (TPSA) is 83.9 Å². The van der Waals surface area contributed by atoms with Crippen LogP contribution in [0, 0.1) is 5.41 Å². The van der Waals surface area contributed by atoms with Crippen LogP contribution in [-0.2, 0) is 27.4 Å². The fourth-order valence-electron chi connectivity index (χ4n) is 7.07. The monoisotopic (exact) mass is 532 g/mol. The van der Waals surface area contributed by atoms with Crippen LogP contribution in [0.3, 0.4) is 0 Å². The Hall–Kier alpha value is -2.97. The van der Waals surface area contributed by atoms with Gasteiger partial charge in [0, 0.05) is 60.3 Å². The van der Waals surface area contributed by atoms with Gasteiger partial charge in [-0.2, -0.15) is 0 Å². The maximum atomic E-state index is 14.0. The number of carbonyl (C=O) groups excluding carboxylic acids is 3. The highest BCUT2D eigenvalue weighted by atomic mass is 16.5. The van der Waals surface area contributed by atoms with Gasteiger partial charge in [-0.15, -0.1) is 0 Å². The van der Waals surface area contributed by atoms with Gasteiger partial charge in [-0.3, -0.25) is 14.4 Å². The minimum Gasteiger partial charge on any atom is -0.377 e. The van der Waals surface area contributed by atoms with Gasteiger partial charge in [-0.1, -0.05) is 19.1 Å². The molecule has 2 bridgehead atoms. The molecule has 1 amide bonds. The molecule has 1 aliphatic carbocycles. The molecule has 39 heavy (non-hydrogen) atoms. The summed E-state index contributed by atoms with van der Waals surface area (Å²) >= 11 is 0. The Kier molecular flexibility index (Phi) is 7.10. The van der Waals surface area contributed by atoms with Crippen molar-refractivity contribution in [3.05, 3.63) is 41.6 Å². The zero-order chi connectivity index (χ0) is 27.1. The van der Waals surface area contributed by atoms with E-state index in [9.17, 15) is 14.4 Å². The number of aromatic nitrogens is 1. The van der Waals surface area contributed by atoms with E-state index in [0.717, 1.165) is 54.6 Å². The van der Waals surface area contributed by atoms with Crippen LogP contribution < -0.4 is 10.2 Å². The number of ether oxygens (including phenoxy) is 1. The van der Waals surface area contributed by atoms with Gasteiger partial charge in [0.1, 0.15) is 6.54 Å². The average molecular weight is 533 g/mol. The molecular weight excluding hydrogens is 492 g/mol. The van der Waals surface area contributed by atoms with E-state index in [1.54, 1.807) is 6.92 Å². The number of hydrogen-bond acceptors (Lipinski definition) is 6. The molecule has 0 unspecified atom stereocenters. The lowest BCUT2D eigenvalue weighted by Crippen LogP contribution is -2.44. The lowest BCUT2D eigenvalue weighted by Gasteiger charge is -2.27. The normalized spacial score (nSPS) is 28.4. The van der Waals surface area contributed by atoms with E-state index in [-0.39, 0.29) is 35.5 Å². The lowest BCUT2D eigenvalue weighted by atomic mass is 9.97. The fraction of sp³-hybridized carbons (Fsp3) is 0.581. The number of Topliss-reactive ketones (excluding diaryl/α,β-unsaturated/α-hetero) is 2. The molecule has 3 aliphatic heterocycles. The Morgan fingerprint density at radius 2 is 1.97 bits per heavy atom. The Morgan fingerprint density at radius 3 is 2.74 bits per heavy atom. The van der Waals surface area contributed by atoms with E-state index < -0.39 is 6.04 Å². The van der Waals surface area contributed by atoms with Gasteiger partial charge >= 0.3 is 0 Å². The van der Waals surface area contributed by atoms with Gasteiger partial charge in [0.15, 0.2) is 11.6 Å². The first kappa shape index (κ1) is 26.3. The lowest BCUT2D eigenvalue weighted by molar-refractivity contribution is -0.139. The molecule has 2 aromatic rings. The van der Waals surface area contributed by atoms with E-state index in [1.165, 1.54) is 12.8 Å². The van der Waals surface area contributed by atoms with Crippen LogP contribution >= 0.6 is 0 Å². The van der Waals surface area contributed by atoms with E-state index in [0.29, 0.717) is 38.2 Å². The van der Waals surface area contributed by atoms with Gasteiger partial charge in [-0.25, -0.2) is 0 Å². The molecule has 8 heteroatoms. The van der Waals surface area contributed by atoms with Gasteiger partial charge in [0.25, 0.3) is 0 Å². The average Bonchev–Trinajstić information content (AvgIpc) is 3.31. The summed E-state index contributed by atoms with van der Waals surface area (Å²) in [6.07, 6.45) is 11.3. The Labute approximate surface area is 230 Å². The number of rotatable bonds is 4. The minimum absolute atomic E-state index is 0.00507. The van der Waals surface area contributed by atoms with Crippen molar-refractivity contribution in [2.75, 3.05) is 37.7 Å². The molecule has 208 valence electrons. The van der Waals surface area contributed by atoms with Crippen molar-refractivity contribution >= 4 is 34.1 Å². The molecule has 1 aromatic carbocycles. The summed E-state index contributed by atoms with van der Waals surface area (Å²) in [7, 11) is 0. The number of carbonyl (C=O) groups is 3. The van der Waals surface area contributed by atoms with Crippen LogP contribution in [0.15, 0.2) is 30.5 Å². The van der Waals surface area contributed by atoms with Crippen LogP contribution in [-0.4, -0.2) is 71.9 Å². The second-order valence-corrected chi connectivity index (χ2v) is 11.8. The maximum absolute atomic E-state index is 14.0. The highest BCUT2D eigenvalue weighted by Gasteiger charge is 2.66. The second-order valence-electron chi connectivity index (χ2n) is 11.8. The molecule has 1 N–H and O–H groups in total. The Balaban J connectivity index is 1.42. The summed E-state index contributed by atoms with van der Waals surface area (Å²) in [4.78, 5) is 44.0. The van der Waals surface area contributed by atoms with Gasteiger partial charge in [0.2, 0.25) is 5.91 Å². The van der Waals surface area contributed by atoms with Crippen molar-refractivity contribution in [3.63, 3.8) is 0 Å². The van der Waals surface area contributed by atoms with Crippen LogP contribution in [0.4, 0.5) is 5.69 Å². The van der Waals surface area contributed by atoms with Gasteiger partial charge < -0.3 is 24.4 Å². The molecule has 8 nitrogen and oxygen atoms in total. The number of nitrogens with zero attached hydrogens (tertiary/aromatic N) is 3. The molecule has 1 saturated carbocycles. The third-order valence-electron chi connectivity index (χ3n) is 9.19. The largest absolute Gasteiger partial charge is 0.377 e. The maximum Gasteiger partial charge on any atom is 0.243 e. The van der Waals surface area contributed by atoms with E-state index in [1.807, 2.05) is 22.6 Å². The molecule has 2 saturated heterocycles.